The summed E-state index contributed by atoms with van der Waals surface area (Å²) >= 11 is 0. The summed E-state index contributed by atoms with van der Waals surface area (Å²) in [5.74, 6) is 0. The SMILES string of the molecule is CC(C)N(Cc1ccc(N)cc1)S(=O)(=O)C1CCCCC1. The average Bonchev–Trinajstić information content (AvgIpc) is 2.47. The van der Waals surface area contributed by atoms with E-state index in [-0.39, 0.29) is 11.3 Å². The predicted octanol–water partition coefficient (Wildman–Crippen LogP) is 3.14. The van der Waals surface area contributed by atoms with Gasteiger partial charge in [-0.25, -0.2) is 8.42 Å². The maximum Gasteiger partial charge on any atom is 0.217 e. The van der Waals surface area contributed by atoms with Crippen LogP contribution in [0.5, 0.6) is 0 Å². The van der Waals surface area contributed by atoms with Gasteiger partial charge in [-0.15, -0.1) is 0 Å². The zero-order valence-electron chi connectivity index (χ0n) is 13.0. The van der Waals surface area contributed by atoms with Crippen LogP contribution in [0.2, 0.25) is 0 Å². The number of nitrogens with zero attached hydrogens (tertiary/aromatic N) is 1. The molecular weight excluding hydrogens is 284 g/mol. The lowest BCUT2D eigenvalue weighted by Gasteiger charge is -2.32. The molecule has 4 nitrogen and oxygen atoms in total. The Kier molecular flexibility index (Phi) is 5.27. The first-order valence-electron chi connectivity index (χ1n) is 7.76. The van der Waals surface area contributed by atoms with E-state index in [1.807, 2.05) is 38.1 Å². The molecule has 0 heterocycles. The third kappa shape index (κ3) is 3.98. The van der Waals surface area contributed by atoms with E-state index in [1.165, 1.54) is 0 Å². The maximum atomic E-state index is 12.9. The van der Waals surface area contributed by atoms with Gasteiger partial charge in [-0.05, 0) is 44.4 Å². The van der Waals surface area contributed by atoms with Gasteiger partial charge in [0.05, 0.1) is 5.25 Å². The van der Waals surface area contributed by atoms with Gasteiger partial charge in [0.25, 0.3) is 0 Å². The van der Waals surface area contributed by atoms with E-state index in [0.29, 0.717) is 12.2 Å². The molecule has 1 aromatic carbocycles. The van der Waals surface area contributed by atoms with E-state index < -0.39 is 10.0 Å². The van der Waals surface area contributed by atoms with Gasteiger partial charge in [0.15, 0.2) is 0 Å². The molecule has 118 valence electrons. The Balaban J connectivity index is 2.19. The Morgan fingerprint density at radius 1 is 1.14 bits per heavy atom. The van der Waals surface area contributed by atoms with Crippen LogP contribution in [-0.4, -0.2) is 24.0 Å². The molecule has 2 N–H and O–H groups in total. The van der Waals surface area contributed by atoms with Gasteiger partial charge in [0.2, 0.25) is 10.0 Å². The highest BCUT2D eigenvalue weighted by atomic mass is 32.2. The first kappa shape index (κ1) is 16.3. The fourth-order valence-corrected chi connectivity index (χ4v) is 5.15. The van der Waals surface area contributed by atoms with Gasteiger partial charge in [0.1, 0.15) is 0 Å². The lowest BCUT2D eigenvalue weighted by atomic mass is 10.0. The van der Waals surface area contributed by atoms with E-state index in [2.05, 4.69) is 0 Å². The first-order valence-corrected chi connectivity index (χ1v) is 9.26. The molecule has 1 saturated carbocycles. The molecule has 0 amide bonds. The molecule has 0 aromatic heterocycles. The van der Waals surface area contributed by atoms with Gasteiger partial charge >= 0.3 is 0 Å². The largest absolute Gasteiger partial charge is 0.399 e. The molecule has 1 aliphatic rings. The number of benzene rings is 1. The zero-order chi connectivity index (χ0) is 15.5. The van der Waals surface area contributed by atoms with Crippen molar-refractivity contribution in [3.8, 4) is 0 Å². The number of anilines is 1. The molecule has 1 aliphatic carbocycles. The minimum Gasteiger partial charge on any atom is -0.399 e. The van der Waals surface area contributed by atoms with E-state index in [1.54, 1.807) is 4.31 Å². The van der Waals surface area contributed by atoms with Crippen LogP contribution in [-0.2, 0) is 16.6 Å². The van der Waals surface area contributed by atoms with Crippen molar-refractivity contribution in [2.45, 2.75) is 63.8 Å². The Bertz CT molecular complexity index is 546. The minimum absolute atomic E-state index is 0.0329. The Labute approximate surface area is 128 Å². The Morgan fingerprint density at radius 2 is 1.71 bits per heavy atom. The number of sulfonamides is 1. The minimum atomic E-state index is -3.23. The fourth-order valence-electron chi connectivity index (χ4n) is 2.92. The monoisotopic (exact) mass is 310 g/mol. The summed E-state index contributed by atoms with van der Waals surface area (Å²) in [6.45, 7) is 4.31. The molecule has 2 rings (SSSR count). The van der Waals surface area contributed by atoms with Crippen LogP contribution in [0, 0.1) is 0 Å². The van der Waals surface area contributed by atoms with Crippen LogP contribution in [0.25, 0.3) is 0 Å². The van der Waals surface area contributed by atoms with Gasteiger partial charge in [-0.2, -0.15) is 4.31 Å². The molecule has 0 aliphatic heterocycles. The van der Waals surface area contributed by atoms with E-state index in [0.717, 1.165) is 37.7 Å². The zero-order valence-corrected chi connectivity index (χ0v) is 13.8. The van der Waals surface area contributed by atoms with Crippen LogP contribution in [0.15, 0.2) is 24.3 Å². The van der Waals surface area contributed by atoms with Gasteiger partial charge in [0, 0.05) is 18.3 Å². The number of nitrogen functional groups attached to an aromatic ring is 1. The summed E-state index contributed by atoms with van der Waals surface area (Å²) < 4.78 is 27.4. The molecule has 1 aromatic rings. The second kappa shape index (κ2) is 6.79. The van der Waals surface area contributed by atoms with Crippen LogP contribution in [0.4, 0.5) is 5.69 Å². The molecule has 0 unspecified atom stereocenters. The number of hydrogen-bond donors (Lipinski definition) is 1. The fraction of sp³-hybridized carbons (Fsp3) is 0.625. The van der Waals surface area contributed by atoms with Gasteiger partial charge in [-0.1, -0.05) is 31.4 Å². The molecule has 21 heavy (non-hydrogen) atoms. The second-order valence-corrected chi connectivity index (χ2v) is 8.35. The van der Waals surface area contributed by atoms with Crippen molar-refractivity contribution >= 4 is 15.7 Å². The van der Waals surface area contributed by atoms with Crippen LogP contribution >= 0.6 is 0 Å². The number of nitrogens with two attached hydrogens (primary N) is 1. The van der Waals surface area contributed by atoms with Crippen LogP contribution in [0.1, 0.15) is 51.5 Å². The highest BCUT2D eigenvalue weighted by Gasteiger charge is 2.34. The van der Waals surface area contributed by atoms with Gasteiger partial charge in [-0.3, -0.25) is 0 Å². The molecule has 0 saturated heterocycles. The van der Waals surface area contributed by atoms with Crippen molar-refractivity contribution in [1.82, 2.24) is 4.31 Å². The smallest absolute Gasteiger partial charge is 0.217 e. The van der Waals surface area contributed by atoms with Crippen molar-refractivity contribution in [2.24, 2.45) is 0 Å². The maximum absolute atomic E-state index is 12.9. The van der Waals surface area contributed by atoms with E-state index >= 15 is 0 Å². The third-order valence-electron chi connectivity index (χ3n) is 4.19. The quantitative estimate of drug-likeness (QED) is 0.850. The van der Waals surface area contributed by atoms with Crippen molar-refractivity contribution < 1.29 is 8.42 Å². The summed E-state index contributed by atoms with van der Waals surface area (Å²) in [5.41, 5.74) is 7.37. The molecule has 1 fully saturated rings. The molecule has 0 atom stereocenters. The average molecular weight is 310 g/mol. The van der Waals surface area contributed by atoms with E-state index in [4.69, 9.17) is 5.73 Å². The van der Waals surface area contributed by atoms with Crippen molar-refractivity contribution in [2.75, 3.05) is 5.73 Å². The molecular formula is C16H26N2O2S. The summed E-state index contributed by atoms with van der Waals surface area (Å²) in [6, 6.07) is 7.42. The standard InChI is InChI=1S/C16H26N2O2S/c1-13(2)18(12-14-8-10-15(17)11-9-14)21(19,20)16-6-4-3-5-7-16/h8-11,13,16H,3-7,12,17H2,1-2H3. The Morgan fingerprint density at radius 3 is 2.24 bits per heavy atom. The van der Waals surface area contributed by atoms with E-state index in [9.17, 15) is 8.42 Å². The lowest BCUT2D eigenvalue weighted by Crippen LogP contribution is -2.43. The number of hydrogen-bond acceptors (Lipinski definition) is 3. The molecule has 0 spiro atoms. The highest BCUT2D eigenvalue weighted by Crippen LogP contribution is 2.28. The highest BCUT2D eigenvalue weighted by molar-refractivity contribution is 7.89. The van der Waals surface area contributed by atoms with Crippen molar-refractivity contribution in [3.63, 3.8) is 0 Å². The Hall–Kier alpha value is -1.07. The molecule has 0 radical (unpaired) electrons. The lowest BCUT2D eigenvalue weighted by molar-refractivity contribution is 0.334. The van der Waals surface area contributed by atoms with Crippen LogP contribution < -0.4 is 5.73 Å². The van der Waals surface area contributed by atoms with Crippen molar-refractivity contribution in [1.29, 1.82) is 0 Å². The summed E-state index contributed by atoms with van der Waals surface area (Å²) in [7, 11) is -3.23. The molecule has 5 heteroatoms. The number of rotatable bonds is 5. The predicted molar refractivity (Wildman–Crippen MR) is 87.3 cm³/mol. The van der Waals surface area contributed by atoms with Crippen LogP contribution in [0.3, 0.4) is 0 Å². The van der Waals surface area contributed by atoms with Crippen molar-refractivity contribution in [3.05, 3.63) is 29.8 Å². The second-order valence-electron chi connectivity index (χ2n) is 6.19. The summed E-state index contributed by atoms with van der Waals surface area (Å²) in [4.78, 5) is 0. The third-order valence-corrected chi connectivity index (χ3v) is 6.71. The first-order chi connectivity index (χ1) is 9.91. The normalized spacial score (nSPS) is 17.5. The topological polar surface area (TPSA) is 63.4 Å². The summed E-state index contributed by atoms with van der Waals surface area (Å²) in [6.07, 6.45) is 4.81. The van der Waals surface area contributed by atoms with Gasteiger partial charge < -0.3 is 5.73 Å². The summed E-state index contributed by atoms with van der Waals surface area (Å²) in [5, 5.41) is -0.206. The molecule has 0 bridgehead atoms.